The minimum atomic E-state index is -1.21. The lowest BCUT2D eigenvalue weighted by Gasteiger charge is -2.26. The Bertz CT molecular complexity index is 763. The first-order chi connectivity index (χ1) is 11.5. The third-order valence-corrected chi connectivity index (χ3v) is 5.80. The highest BCUT2D eigenvalue weighted by Crippen LogP contribution is 2.33. The fourth-order valence-electron chi connectivity index (χ4n) is 2.22. The Balaban J connectivity index is 2.38. The van der Waals surface area contributed by atoms with E-state index in [1.807, 2.05) is 53.7 Å². The number of pyridine rings is 1. The molecule has 0 aliphatic rings. The molecule has 0 aliphatic carbocycles. The summed E-state index contributed by atoms with van der Waals surface area (Å²) in [6, 6.07) is 5.32. The third kappa shape index (κ3) is 5.14. The first-order valence-corrected chi connectivity index (χ1v) is 10.0. The van der Waals surface area contributed by atoms with E-state index in [2.05, 4.69) is 9.71 Å². The van der Waals surface area contributed by atoms with Crippen molar-refractivity contribution in [3.05, 3.63) is 33.9 Å². The van der Waals surface area contributed by atoms with E-state index in [-0.39, 0.29) is 16.9 Å². The standard InChI is InChI=1S/C18H24Cl2N2O2S/c1-10(2)24-16-9-15-12(8-14(16)19)7-13(17(20)21-15)11(3)22-25(23)18(4,5)6/h7-11,22H,1-6H3/t11-,25?/m1/s1. The zero-order valence-corrected chi connectivity index (χ0v) is 17.6. The molecule has 138 valence electrons. The molecule has 25 heavy (non-hydrogen) atoms. The van der Waals surface area contributed by atoms with Gasteiger partial charge in [-0.25, -0.2) is 4.98 Å². The number of hydrogen-bond acceptors (Lipinski definition) is 4. The summed E-state index contributed by atoms with van der Waals surface area (Å²) in [6.45, 7) is 11.5. The second-order valence-electron chi connectivity index (χ2n) is 7.23. The van der Waals surface area contributed by atoms with Crippen LogP contribution in [0.15, 0.2) is 18.2 Å². The number of ether oxygens (including phenoxy) is 1. The average molecular weight is 403 g/mol. The second-order valence-corrected chi connectivity index (χ2v) is 9.99. The summed E-state index contributed by atoms with van der Waals surface area (Å²) in [6.07, 6.45) is 0.0151. The maximum Gasteiger partial charge on any atom is 0.140 e. The lowest BCUT2D eigenvalue weighted by molar-refractivity contribution is 0.243. The van der Waals surface area contributed by atoms with Gasteiger partial charge in [0.2, 0.25) is 0 Å². The van der Waals surface area contributed by atoms with Gasteiger partial charge < -0.3 is 9.29 Å². The van der Waals surface area contributed by atoms with Gasteiger partial charge in [0.05, 0.1) is 22.7 Å². The fourth-order valence-corrected chi connectivity index (χ4v) is 3.54. The number of aromatic nitrogens is 1. The van der Waals surface area contributed by atoms with Gasteiger partial charge in [0.25, 0.3) is 0 Å². The highest BCUT2D eigenvalue weighted by Gasteiger charge is 2.29. The summed E-state index contributed by atoms with van der Waals surface area (Å²) in [5.41, 5.74) is 1.48. The number of fused-ring (bicyclic) bond motifs is 1. The molecule has 7 heteroatoms. The maximum absolute atomic E-state index is 12.3. The van der Waals surface area contributed by atoms with Crippen LogP contribution in [0.25, 0.3) is 10.9 Å². The van der Waals surface area contributed by atoms with Gasteiger partial charge in [0, 0.05) is 28.4 Å². The van der Waals surface area contributed by atoms with Crippen molar-refractivity contribution in [1.82, 2.24) is 9.71 Å². The third-order valence-electron chi connectivity index (χ3n) is 3.52. The molecule has 0 spiro atoms. The molecule has 1 unspecified atom stereocenters. The van der Waals surface area contributed by atoms with Gasteiger partial charge >= 0.3 is 0 Å². The molecule has 1 heterocycles. The van der Waals surface area contributed by atoms with E-state index in [1.54, 1.807) is 6.07 Å². The highest BCUT2D eigenvalue weighted by molar-refractivity contribution is 7.90. The molecule has 2 atom stereocenters. The van der Waals surface area contributed by atoms with E-state index in [1.165, 1.54) is 0 Å². The van der Waals surface area contributed by atoms with Crippen molar-refractivity contribution < 1.29 is 9.29 Å². The van der Waals surface area contributed by atoms with Crippen LogP contribution in [-0.2, 0) is 11.4 Å². The summed E-state index contributed by atoms with van der Waals surface area (Å²) < 4.78 is 20.7. The molecule has 1 aromatic heterocycles. The molecule has 0 bridgehead atoms. The van der Waals surface area contributed by atoms with Crippen molar-refractivity contribution in [2.24, 2.45) is 0 Å². The zero-order chi connectivity index (χ0) is 18.9. The predicted octanol–water partition coefficient (Wildman–Crippen LogP) is 5.44. The molecule has 1 N–H and O–H groups in total. The summed E-state index contributed by atoms with van der Waals surface area (Å²) in [5.74, 6) is 0.584. The van der Waals surface area contributed by atoms with Crippen LogP contribution in [0.1, 0.15) is 53.1 Å². The van der Waals surface area contributed by atoms with E-state index < -0.39 is 11.4 Å². The monoisotopic (exact) mass is 402 g/mol. The van der Waals surface area contributed by atoms with Crippen molar-refractivity contribution >= 4 is 45.5 Å². The van der Waals surface area contributed by atoms with Gasteiger partial charge in [0.1, 0.15) is 15.6 Å². The number of hydrogen-bond donors (Lipinski definition) is 1. The highest BCUT2D eigenvalue weighted by atomic mass is 35.5. The van der Waals surface area contributed by atoms with Crippen LogP contribution in [0.3, 0.4) is 0 Å². The van der Waals surface area contributed by atoms with Crippen molar-refractivity contribution in [3.63, 3.8) is 0 Å². The molecule has 0 amide bonds. The maximum atomic E-state index is 12.3. The molecule has 0 saturated heterocycles. The topological polar surface area (TPSA) is 57.2 Å². The van der Waals surface area contributed by atoms with Crippen LogP contribution in [0.5, 0.6) is 5.75 Å². The van der Waals surface area contributed by atoms with Crippen molar-refractivity contribution in [2.75, 3.05) is 0 Å². The normalized spacial score (nSPS) is 14.8. The lowest BCUT2D eigenvalue weighted by Crippen LogP contribution is -2.40. The smallest absolute Gasteiger partial charge is 0.140 e. The molecule has 0 radical (unpaired) electrons. The zero-order valence-electron chi connectivity index (χ0n) is 15.3. The van der Waals surface area contributed by atoms with E-state index in [9.17, 15) is 4.55 Å². The van der Waals surface area contributed by atoms with Crippen LogP contribution in [0.4, 0.5) is 0 Å². The van der Waals surface area contributed by atoms with Crippen LogP contribution >= 0.6 is 23.2 Å². The SMILES string of the molecule is CC(C)Oc1cc2nc(Cl)c([C@@H](C)N[S+]([O-])C(C)(C)C)cc2cc1Cl. The molecule has 2 rings (SSSR count). The van der Waals surface area contributed by atoms with Crippen molar-refractivity contribution in [3.8, 4) is 5.75 Å². The number of halogens is 2. The Morgan fingerprint density at radius 3 is 2.36 bits per heavy atom. The first kappa shape index (κ1) is 20.6. The molecule has 2 aromatic rings. The molecule has 4 nitrogen and oxygen atoms in total. The number of rotatable bonds is 5. The molecule has 0 aliphatic heterocycles. The quantitative estimate of drug-likeness (QED) is 0.533. The second kappa shape index (κ2) is 7.89. The minimum Gasteiger partial charge on any atom is -0.598 e. The Morgan fingerprint density at radius 2 is 1.80 bits per heavy atom. The molecule has 0 saturated carbocycles. The summed E-state index contributed by atoms with van der Waals surface area (Å²) in [4.78, 5) is 4.46. The van der Waals surface area contributed by atoms with E-state index in [4.69, 9.17) is 27.9 Å². The van der Waals surface area contributed by atoms with Gasteiger partial charge in [-0.2, -0.15) is 0 Å². The fraction of sp³-hybridized carbons (Fsp3) is 0.500. The van der Waals surface area contributed by atoms with Crippen molar-refractivity contribution in [2.45, 2.75) is 58.4 Å². The van der Waals surface area contributed by atoms with Crippen LogP contribution in [-0.4, -0.2) is 20.4 Å². The lowest BCUT2D eigenvalue weighted by atomic mass is 10.1. The van der Waals surface area contributed by atoms with E-state index >= 15 is 0 Å². The van der Waals surface area contributed by atoms with Gasteiger partial charge in [-0.3, -0.25) is 0 Å². The molecular formula is C18H24Cl2N2O2S. The van der Waals surface area contributed by atoms with E-state index in [0.717, 1.165) is 10.9 Å². The average Bonchev–Trinajstić information content (AvgIpc) is 2.46. The van der Waals surface area contributed by atoms with Crippen LogP contribution in [0, 0.1) is 0 Å². The van der Waals surface area contributed by atoms with Gasteiger partial charge in [0.15, 0.2) is 0 Å². The Kier molecular flexibility index (Phi) is 6.50. The van der Waals surface area contributed by atoms with E-state index in [0.29, 0.717) is 21.4 Å². The first-order valence-electron chi connectivity index (χ1n) is 8.13. The molecule has 0 fully saturated rings. The Labute approximate surface area is 162 Å². The Hall–Kier alpha value is -0.720. The molecule has 1 aromatic carbocycles. The van der Waals surface area contributed by atoms with Gasteiger partial charge in [-0.1, -0.05) is 23.2 Å². The Morgan fingerprint density at radius 1 is 1.16 bits per heavy atom. The summed E-state index contributed by atoms with van der Waals surface area (Å²) >= 11 is 11.5. The largest absolute Gasteiger partial charge is 0.598 e. The van der Waals surface area contributed by atoms with Gasteiger partial charge in [-0.05, 0) is 53.7 Å². The number of benzene rings is 1. The minimum absolute atomic E-state index is 0.0151. The van der Waals surface area contributed by atoms with Crippen molar-refractivity contribution in [1.29, 1.82) is 0 Å². The predicted molar refractivity (Wildman–Crippen MR) is 107 cm³/mol. The number of nitrogens with zero attached hydrogens (tertiary/aromatic N) is 1. The molecular weight excluding hydrogens is 379 g/mol. The van der Waals surface area contributed by atoms with Crippen LogP contribution in [0.2, 0.25) is 10.2 Å². The van der Waals surface area contributed by atoms with Crippen LogP contribution < -0.4 is 9.46 Å². The summed E-state index contributed by atoms with van der Waals surface area (Å²) in [5, 5.41) is 1.75. The number of nitrogens with one attached hydrogen (secondary N) is 1. The summed E-state index contributed by atoms with van der Waals surface area (Å²) in [7, 11) is 0. The van der Waals surface area contributed by atoms with Gasteiger partial charge in [-0.15, -0.1) is 4.72 Å².